The molecule has 1 aliphatic heterocycles. The molecule has 1 saturated heterocycles. The Morgan fingerprint density at radius 1 is 0.545 bits per heavy atom. The Bertz CT molecular complexity index is 224. The van der Waals surface area contributed by atoms with E-state index in [-0.39, 0.29) is 12.4 Å². The van der Waals surface area contributed by atoms with Crippen molar-refractivity contribution in [2.75, 3.05) is 26.2 Å². The van der Waals surface area contributed by atoms with Gasteiger partial charge >= 0.3 is 0 Å². The molecule has 0 bridgehead atoms. The first kappa shape index (κ1) is 22.2. The van der Waals surface area contributed by atoms with Crippen LogP contribution >= 0.6 is 0 Å². The van der Waals surface area contributed by atoms with Gasteiger partial charge in [-0.15, -0.1) is 0 Å². The van der Waals surface area contributed by atoms with E-state index in [9.17, 15) is 0 Å². The van der Waals surface area contributed by atoms with E-state index >= 15 is 0 Å². The van der Waals surface area contributed by atoms with Crippen molar-refractivity contribution in [3.8, 4) is 0 Å². The van der Waals surface area contributed by atoms with Crippen molar-refractivity contribution in [3.63, 3.8) is 0 Å². The van der Waals surface area contributed by atoms with Gasteiger partial charge in [-0.2, -0.15) is 0 Å². The fraction of sp³-hybridized carbons (Fsp3) is 1.00. The van der Waals surface area contributed by atoms with E-state index in [4.69, 9.17) is 0 Å². The first-order valence-corrected chi connectivity index (χ1v) is 10.2. The Balaban J connectivity index is 0.00000441. The molecule has 0 aliphatic carbocycles. The SMILES string of the molecule is CCCCCCCCCCC[N+]1(CCCC)CCCCC1.[Cl-]. The summed E-state index contributed by atoms with van der Waals surface area (Å²) < 4.78 is 1.48. The Labute approximate surface area is 147 Å². The molecular formula is C20H42ClN. The number of hydrogen-bond acceptors (Lipinski definition) is 0. The van der Waals surface area contributed by atoms with Crippen LogP contribution in [0.3, 0.4) is 0 Å². The van der Waals surface area contributed by atoms with Crippen LogP contribution in [-0.2, 0) is 0 Å². The van der Waals surface area contributed by atoms with Crippen LogP contribution in [0.1, 0.15) is 104 Å². The molecule has 1 rings (SSSR count). The number of nitrogens with zero attached hydrogens (tertiary/aromatic N) is 1. The number of unbranched alkanes of at least 4 members (excludes halogenated alkanes) is 9. The second-order valence-electron chi connectivity index (χ2n) is 7.48. The minimum atomic E-state index is 0. The number of hydrogen-bond donors (Lipinski definition) is 0. The molecule has 2 heteroatoms. The van der Waals surface area contributed by atoms with Crippen LogP contribution in [0.4, 0.5) is 0 Å². The average Bonchev–Trinajstić information content (AvgIpc) is 2.52. The molecule has 0 aromatic rings. The number of halogens is 1. The second-order valence-corrected chi connectivity index (χ2v) is 7.48. The number of rotatable bonds is 13. The quantitative estimate of drug-likeness (QED) is 0.359. The van der Waals surface area contributed by atoms with Crippen LogP contribution in [0.15, 0.2) is 0 Å². The third-order valence-corrected chi connectivity index (χ3v) is 5.49. The zero-order valence-corrected chi connectivity index (χ0v) is 16.3. The Morgan fingerprint density at radius 2 is 1.00 bits per heavy atom. The van der Waals surface area contributed by atoms with Gasteiger partial charge in [-0.3, -0.25) is 0 Å². The summed E-state index contributed by atoms with van der Waals surface area (Å²) in [6.45, 7) is 10.6. The first-order chi connectivity index (χ1) is 10.3. The molecule has 1 aliphatic rings. The standard InChI is InChI=1S/C20H42N.ClH/c1-3-5-7-8-9-10-11-12-14-18-21(17-6-4-2)19-15-13-16-20-21;/h3-20H2,1-2H3;1H/q+1;/p-1. The molecule has 0 aromatic carbocycles. The van der Waals surface area contributed by atoms with Crippen LogP contribution < -0.4 is 12.4 Å². The van der Waals surface area contributed by atoms with Gasteiger partial charge < -0.3 is 16.9 Å². The van der Waals surface area contributed by atoms with Gasteiger partial charge in [0.2, 0.25) is 0 Å². The van der Waals surface area contributed by atoms with Gasteiger partial charge in [-0.05, 0) is 38.5 Å². The molecule has 0 spiro atoms. The lowest BCUT2D eigenvalue weighted by atomic mass is 10.0. The van der Waals surface area contributed by atoms with Crippen molar-refractivity contribution < 1.29 is 16.9 Å². The maximum atomic E-state index is 2.35. The van der Waals surface area contributed by atoms with Crippen LogP contribution in [0.5, 0.6) is 0 Å². The highest BCUT2D eigenvalue weighted by molar-refractivity contribution is 4.56. The van der Waals surface area contributed by atoms with Gasteiger partial charge in [0.25, 0.3) is 0 Å². The van der Waals surface area contributed by atoms with Gasteiger partial charge in [-0.1, -0.05) is 65.2 Å². The average molecular weight is 332 g/mol. The van der Waals surface area contributed by atoms with Crippen LogP contribution in [0.2, 0.25) is 0 Å². The Kier molecular flexibility index (Phi) is 15.0. The van der Waals surface area contributed by atoms with Gasteiger partial charge in [0.1, 0.15) is 0 Å². The highest BCUT2D eigenvalue weighted by atomic mass is 35.5. The Morgan fingerprint density at radius 3 is 1.55 bits per heavy atom. The number of piperidine rings is 1. The number of likely N-dealkylation sites (tertiary alicyclic amines) is 1. The molecule has 0 atom stereocenters. The van der Waals surface area contributed by atoms with Crippen LogP contribution in [0, 0.1) is 0 Å². The zero-order chi connectivity index (χ0) is 15.2. The molecular weight excluding hydrogens is 290 g/mol. The summed E-state index contributed by atoms with van der Waals surface area (Å²) in [5, 5.41) is 0. The van der Waals surface area contributed by atoms with E-state index in [0.717, 1.165) is 0 Å². The van der Waals surface area contributed by atoms with Crippen molar-refractivity contribution in [1.82, 2.24) is 0 Å². The lowest BCUT2D eigenvalue weighted by molar-refractivity contribution is -0.932. The first-order valence-electron chi connectivity index (χ1n) is 10.2. The molecule has 0 radical (unpaired) electrons. The normalized spacial score (nSPS) is 17.2. The van der Waals surface area contributed by atoms with E-state index in [1.165, 1.54) is 121 Å². The molecule has 22 heavy (non-hydrogen) atoms. The lowest BCUT2D eigenvalue weighted by Crippen LogP contribution is -3.00. The predicted octanol–water partition coefficient (Wildman–Crippen LogP) is 3.32. The van der Waals surface area contributed by atoms with Crippen molar-refractivity contribution in [2.45, 2.75) is 104 Å². The molecule has 1 nitrogen and oxygen atoms in total. The Hall–Kier alpha value is 0.250. The second kappa shape index (κ2) is 14.8. The topological polar surface area (TPSA) is 0 Å². The van der Waals surface area contributed by atoms with E-state index in [1.807, 2.05) is 0 Å². The van der Waals surface area contributed by atoms with E-state index < -0.39 is 0 Å². The molecule has 0 amide bonds. The smallest absolute Gasteiger partial charge is 0.0786 e. The van der Waals surface area contributed by atoms with E-state index in [2.05, 4.69) is 13.8 Å². The fourth-order valence-electron chi connectivity index (χ4n) is 3.99. The highest BCUT2D eigenvalue weighted by Gasteiger charge is 2.28. The maximum Gasteiger partial charge on any atom is 0.0786 e. The third-order valence-electron chi connectivity index (χ3n) is 5.49. The summed E-state index contributed by atoms with van der Waals surface area (Å²) in [5.41, 5.74) is 0. The van der Waals surface area contributed by atoms with Gasteiger partial charge in [-0.25, -0.2) is 0 Å². The fourth-order valence-corrected chi connectivity index (χ4v) is 3.99. The molecule has 134 valence electrons. The summed E-state index contributed by atoms with van der Waals surface area (Å²) in [6.07, 6.45) is 20.5. The molecule has 0 saturated carbocycles. The monoisotopic (exact) mass is 331 g/mol. The minimum Gasteiger partial charge on any atom is -1.00 e. The molecule has 0 unspecified atom stereocenters. The summed E-state index contributed by atoms with van der Waals surface area (Å²) in [7, 11) is 0. The van der Waals surface area contributed by atoms with Crippen molar-refractivity contribution in [3.05, 3.63) is 0 Å². The predicted molar refractivity (Wildman–Crippen MR) is 95.7 cm³/mol. The lowest BCUT2D eigenvalue weighted by Gasteiger charge is -2.42. The van der Waals surface area contributed by atoms with Crippen LogP contribution in [-0.4, -0.2) is 30.7 Å². The largest absolute Gasteiger partial charge is 1.00 e. The molecule has 1 fully saturated rings. The van der Waals surface area contributed by atoms with E-state index in [0.29, 0.717) is 0 Å². The third kappa shape index (κ3) is 10.1. The number of quaternary nitrogens is 1. The summed E-state index contributed by atoms with van der Waals surface area (Å²) >= 11 is 0. The zero-order valence-electron chi connectivity index (χ0n) is 15.6. The van der Waals surface area contributed by atoms with E-state index in [1.54, 1.807) is 0 Å². The molecule has 1 heterocycles. The highest BCUT2D eigenvalue weighted by Crippen LogP contribution is 2.22. The summed E-state index contributed by atoms with van der Waals surface area (Å²) in [4.78, 5) is 0. The van der Waals surface area contributed by atoms with Gasteiger partial charge in [0, 0.05) is 0 Å². The summed E-state index contributed by atoms with van der Waals surface area (Å²) in [6, 6.07) is 0. The van der Waals surface area contributed by atoms with Crippen molar-refractivity contribution in [1.29, 1.82) is 0 Å². The molecule has 0 aromatic heterocycles. The molecule has 0 N–H and O–H groups in total. The van der Waals surface area contributed by atoms with Crippen molar-refractivity contribution >= 4 is 0 Å². The summed E-state index contributed by atoms with van der Waals surface area (Å²) in [5.74, 6) is 0. The minimum absolute atomic E-state index is 0. The maximum absolute atomic E-state index is 2.35. The van der Waals surface area contributed by atoms with Crippen molar-refractivity contribution in [2.24, 2.45) is 0 Å². The van der Waals surface area contributed by atoms with Crippen LogP contribution in [0.25, 0.3) is 0 Å². The van der Waals surface area contributed by atoms with Gasteiger partial charge in [0.05, 0.1) is 26.2 Å². The van der Waals surface area contributed by atoms with Gasteiger partial charge in [0.15, 0.2) is 0 Å².